The first-order valence-corrected chi connectivity index (χ1v) is 6.51. The fourth-order valence-corrected chi connectivity index (χ4v) is 2.04. The van der Waals surface area contributed by atoms with Gasteiger partial charge in [-0.3, -0.25) is 4.79 Å². The van der Waals surface area contributed by atoms with Crippen molar-refractivity contribution in [3.63, 3.8) is 0 Å². The molecule has 0 unspecified atom stereocenters. The summed E-state index contributed by atoms with van der Waals surface area (Å²) in [6.45, 7) is 1.61. The van der Waals surface area contributed by atoms with Crippen molar-refractivity contribution in [2.24, 2.45) is 0 Å². The van der Waals surface area contributed by atoms with Crippen LogP contribution in [0.4, 0.5) is 17.6 Å². The van der Waals surface area contributed by atoms with Crippen LogP contribution < -0.4 is 5.32 Å². The number of benzene rings is 2. The van der Waals surface area contributed by atoms with Crippen LogP contribution in [-0.4, -0.2) is 5.91 Å². The molecule has 0 aliphatic carbocycles. The Morgan fingerprint density at radius 1 is 1.05 bits per heavy atom. The summed E-state index contributed by atoms with van der Waals surface area (Å²) < 4.78 is 51.5. The van der Waals surface area contributed by atoms with Gasteiger partial charge in [0.1, 0.15) is 5.82 Å². The highest BCUT2D eigenvalue weighted by Crippen LogP contribution is 2.32. The zero-order valence-corrected chi connectivity index (χ0v) is 11.6. The molecule has 0 saturated heterocycles. The lowest BCUT2D eigenvalue weighted by Gasteiger charge is -2.17. The van der Waals surface area contributed by atoms with E-state index in [9.17, 15) is 22.4 Å². The van der Waals surface area contributed by atoms with Crippen molar-refractivity contribution in [2.45, 2.75) is 19.1 Å². The van der Waals surface area contributed by atoms with Crippen molar-refractivity contribution in [3.8, 4) is 0 Å². The predicted octanol–water partition coefficient (Wildman–Crippen LogP) is 4.34. The number of rotatable bonds is 3. The largest absolute Gasteiger partial charge is 0.417 e. The van der Waals surface area contributed by atoms with Crippen LogP contribution in [0.5, 0.6) is 0 Å². The zero-order chi connectivity index (χ0) is 16.3. The first-order chi connectivity index (χ1) is 10.3. The van der Waals surface area contributed by atoms with Crippen molar-refractivity contribution in [2.75, 3.05) is 0 Å². The summed E-state index contributed by atoms with van der Waals surface area (Å²) in [5.41, 5.74) is -0.831. The van der Waals surface area contributed by atoms with E-state index in [-0.39, 0.29) is 0 Å². The molecule has 1 amide bonds. The lowest BCUT2D eigenvalue weighted by atomic mass is 10.0. The minimum absolute atomic E-state index is 0.426. The van der Waals surface area contributed by atoms with E-state index in [0.29, 0.717) is 5.56 Å². The van der Waals surface area contributed by atoms with Gasteiger partial charge in [0.15, 0.2) is 0 Å². The smallest absolute Gasteiger partial charge is 0.346 e. The van der Waals surface area contributed by atoms with Crippen molar-refractivity contribution in [1.82, 2.24) is 5.32 Å². The highest BCUT2D eigenvalue weighted by Gasteiger charge is 2.35. The number of carbonyl (C=O) groups excluding carboxylic acids is 1. The van der Waals surface area contributed by atoms with Crippen LogP contribution in [0.25, 0.3) is 0 Å². The maximum Gasteiger partial charge on any atom is 0.417 e. The predicted molar refractivity (Wildman–Crippen MR) is 73.7 cm³/mol. The lowest BCUT2D eigenvalue weighted by molar-refractivity contribution is -0.137. The van der Waals surface area contributed by atoms with Crippen LogP contribution in [0.15, 0.2) is 48.5 Å². The summed E-state index contributed by atoms with van der Waals surface area (Å²) in [4.78, 5) is 12.1. The molecular formula is C16H13F4NO. The van der Waals surface area contributed by atoms with Crippen LogP contribution in [-0.2, 0) is 6.18 Å². The van der Waals surface area contributed by atoms with Gasteiger partial charge in [-0.25, -0.2) is 4.39 Å². The van der Waals surface area contributed by atoms with E-state index in [1.807, 2.05) is 0 Å². The molecule has 0 radical (unpaired) electrons. The molecule has 1 atom stereocenters. The van der Waals surface area contributed by atoms with Gasteiger partial charge in [-0.15, -0.1) is 0 Å². The third-order valence-electron chi connectivity index (χ3n) is 3.19. The first kappa shape index (κ1) is 16.0. The Morgan fingerprint density at radius 3 is 2.23 bits per heavy atom. The van der Waals surface area contributed by atoms with Crippen molar-refractivity contribution >= 4 is 5.91 Å². The number of halogens is 4. The molecule has 0 bridgehead atoms. The molecule has 1 N–H and O–H groups in total. The van der Waals surface area contributed by atoms with E-state index in [4.69, 9.17) is 0 Å². The van der Waals surface area contributed by atoms with Crippen LogP contribution >= 0.6 is 0 Å². The molecule has 6 heteroatoms. The number of amides is 1. The van der Waals surface area contributed by atoms with Gasteiger partial charge < -0.3 is 5.32 Å². The quantitative estimate of drug-likeness (QED) is 0.840. The second-order valence-corrected chi connectivity index (χ2v) is 4.79. The van der Waals surface area contributed by atoms with Gasteiger partial charge in [-0.2, -0.15) is 13.2 Å². The molecule has 116 valence electrons. The van der Waals surface area contributed by atoms with E-state index in [0.717, 1.165) is 12.1 Å². The number of hydrogen-bond donors (Lipinski definition) is 1. The maximum absolute atomic E-state index is 12.9. The standard InChI is InChI=1S/C16H13F4NO/c1-10(11-6-8-12(17)9-7-11)21-15(22)13-4-2-3-5-14(13)16(18,19)20/h2-10H,1H3,(H,21,22)/t10-/m0/s1. The monoisotopic (exact) mass is 311 g/mol. The van der Waals surface area contributed by atoms with Crippen molar-refractivity contribution in [3.05, 3.63) is 71.0 Å². The van der Waals surface area contributed by atoms with Gasteiger partial charge in [0.25, 0.3) is 5.91 Å². The van der Waals surface area contributed by atoms with E-state index in [1.54, 1.807) is 6.92 Å². The average molecular weight is 311 g/mol. The molecule has 0 heterocycles. The van der Waals surface area contributed by atoms with Gasteiger partial charge in [0.05, 0.1) is 17.2 Å². The summed E-state index contributed by atoms with van der Waals surface area (Å²) >= 11 is 0. The highest BCUT2D eigenvalue weighted by atomic mass is 19.4. The second-order valence-electron chi connectivity index (χ2n) is 4.79. The molecule has 22 heavy (non-hydrogen) atoms. The molecule has 2 aromatic carbocycles. The molecule has 0 aromatic heterocycles. The van der Waals surface area contributed by atoms with Crippen LogP contribution in [0, 0.1) is 5.82 Å². The fraction of sp³-hybridized carbons (Fsp3) is 0.188. The Labute approximate surface area is 124 Å². The molecule has 0 aliphatic rings. The fourth-order valence-electron chi connectivity index (χ4n) is 2.04. The third kappa shape index (κ3) is 3.63. The van der Waals surface area contributed by atoms with Crippen molar-refractivity contribution < 1.29 is 22.4 Å². The Kier molecular flexibility index (Phi) is 4.49. The molecule has 2 nitrogen and oxygen atoms in total. The molecule has 0 aliphatic heterocycles. The van der Waals surface area contributed by atoms with E-state index in [1.165, 1.54) is 36.4 Å². The Balaban J connectivity index is 2.21. The second kappa shape index (κ2) is 6.17. The lowest BCUT2D eigenvalue weighted by Crippen LogP contribution is -2.28. The summed E-state index contributed by atoms with van der Waals surface area (Å²) in [5, 5.41) is 2.48. The SMILES string of the molecule is C[C@H](NC(=O)c1ccccc1C(F)(F)F)c1ccc(F)cc1. The first-order valence-electron chi connectivity index (χ1n) is 6.51. The third-order valence-corrected chi connectivity index (χ3v) is 3.19. The number of hydrogen-bond acceptors (Lipinski definition) is 1. The molecule has 0 fully saturated rings. The Morgan fingerprint density at radius 2 is 1.64 bits per heavy atom. The minimum Gasteiger partial charge on any atom is -0.346 e. The van der Waals surface area contributed by atoms with Gasteiger partial charge in [0, 0.05) is 0 Å². The van der Waals surface area contributed by atoms with Crippen LogP contribution in [0.3, 0.4) is 0 Å². The molecular weight excluding hydrogens is 298 g/mol. The summed E-state index contributed by atoms with van der Waals surface area (Å²) in [6, 6.07) is 9.41. The van der Waals surface area contributed by atoms with E-state index >= 15 is 0 Å². The molecule has 0 spiro atoms. The van der Waals surface area contributed by atoms with Gasteiger partial charge in [-0.1, -0.05) is 24.3 Å². The summed E-state index contributed by atoms with van der Waals surface area (Å²) in [5.74, 6) is -1.26. The molecule has 2 aromatic rings. The average Bonchev–Trinajstić information content (AvgIpc) is 2.47. The molecule has 2 rings (SSSR count). The van der Waals surface area contributed by atoms with E-state index < -0.39 is 35.1 Å². The van der Waals surface area contributed by atoms with E-state index in [2.05, 4.69) is 5.32 Å². The molecule has 0 saturated carbocycles. The maximum atomic E-state index is 12.9. The van der Waals surface area contributed by atoms with Gasteiger partial charge in [0.2, 0.25) is 0 Å². The van der Waals surface area contributed by atoms with Gasteiger partial charge >= 0.3 is 6.18 Å². The number of carbonyl (C=O) groups is 1. The van der Waals surface area contributed by atoms with Gasteiger partial charge in [-0.05, 0) is 36.8 Å². The Bertz CT molecular complexity index is 665. The van der Waals surface area contributed by atoms with Crippen LogP contribution in [0.2, 0.25) is 0 Å². The summed E-state index contributed by atoms with van der Waals surface area (Å²) in [6.07, 6.45) is -4.60. The Hall–Kier alpha value is -2.37. The van der Waals surface area contributed by atoms with Crippen molar-refractivity contribution in [1.29, 1.82) is 0 Å². The highest BCUT2D eigenvalue weighted by molar-refractivity contribution is 5.96. The zero-order valence-electron chi connectivity index (χ0n) is 11.6. The van der Waals surface area contributed by atoms with Crippen LogP contribution in [0.1, 0.15) is 34.5 Å². The number of alkyl halides is 3. The minimum atomic E-state index is -4.60. The topological polar surface area (TPSA) is 29.1 Å². The normalized spacial score (nSPS) is 12.8. The summed E-state index contributed by atoms with van der Waals surface area (Å²) in [7, 11) is 0. The number of nitrogens with one attached hydrogen (secondary N) is 1.